The van der Waals surface area contributed by atoms with E-state index >= 15 is 0 Å². The minimum atomic E-state index is -0.259. The van der Waals surface area contributed by atoms with Gasteiger partial charge in [-0.25, -0.2) is 0 Å². The van der Waals surface area contributed by atoms with Crippen LogP contribution in [0, 0.1) is 18.3 Å². The molecule has 0 bridgehead atoms. The van der Waals surface area contributed by atoms with E-state index < -0.39 is 0 Å². The molecule has 0 radical (unpaired) electrons. The van der Waals surface area contributed by atoms with E-state index in [0.29, 0.717) is 24.0 Å². The van der Waals surface area contributed by atoms with Crippen molar-refractivity contribution in [3.05, 3.63) is 64.7 Å². The number of benzene rings is 1. The maximum Gasteiger partial charge on any atom is 0.279 e. The number of hydrogen-bond donors (Lipinski definition) is 1. The Bertz CT molecular complexity index is 1030. The van der Waals surface area contributed by atoms with Crippen molar-refractivity contribution in [1.82, 2.24) is 14.9 Å². The lowest BCUT2D eigenvalue weighted by Crippen LogP contribution is -2.27. The van der Waals surface area contributed by atoms with Crippen LogP contribution in [-0.4, -0.2) is 20.8 Å². The van der Waals surface area contributed by atoms with Gasteiger partial charge in [0.1, 0.15) is 5.76 Å². The number of fused-ring (bicyclic) bond motifs is 1. The topological polar surface area (TPSA) is 73.0 Å². The number of aryl methyl sites for hydroxylation is 2. The van der Waals surface area contributed by atoms with Crippen LogP contribution in [0.25, 0.3) is 0 Å². The summed E-state index contributed by atoms with van der Waals surface area (Å²) >= 11 is 0. The third kappa shape index (κ3) is 4.11. The smallest absolute Gasteiger partial charge is 0.279 e. The fourth-order valence-corrected chi connectivity index (χ4v) is 3.98. The molecule has 4 rings (SSSR count). The number of aromatic nitrogens is 3. The molecule has 1 aromatic carbocycles. The summed E-state index contributed by atoms with van der Waals surface area (Å²) < 4.78 is 7.29. The average Bonchev–Trinajstić information content (AvgIpc) is 3.29. The first kappa shape index (κ1) is 19.4. The Kier molecular flexibility index (Phi) is 5.03. The average molecular weight is 393 g/mol. The summed E-state index contributed by atoms with van der Waals surface area (Å²) in [5, 5.41) is 11.4. The minimum Gasteiger partial charge on any atom is -0.360 e. The molecular weight excluding hydrogens is 364 g/mol. The number of carbonyl (C=O) groups is 1. The first-order valence-electron chi connectivity index (χ1n) is 10.2. The van der Waals surface area contributed by atoms with Crippen molar-refractivity contribution in [2.24, 2.45) is 11.3 Å². The second kappa shape index (κ2) is 7.50. The predicted molar refractivity (Wildman–Crippen MR) is 112 cm³/mol. The molecule has 1 N–H and O–H groups in total. The van der Waals surface area contributed by atoms with E-state index in [1.807, 2.05) is 23.0 Å². The van der Waals surface area contributed by atoms with Crippen LogP contribution in [0.15, 0.2) is 41.1 Å². The normalized spacial score (nSPS) is 16.5. The Hall–Kier alpha value is -2.89. The molecule has 1 atom stereocenters. The van der Waals surface area contributed by atoms with Gasteiger partial charge in [-0.3, -0.25) is 9.48 Å². The monoisotopic (exact) mass is 392 g/mol. The van der Waals surface area contributed by atoms with Crippen molar-refractivity contribution in [2.45, 2.75) is 53.5 Å². The highest BCUT2D eigenvalue weighted by Crippen LogP contribution is 2.38. The highest BCUT2D eigenvalue weighted by atomic mass is 16.5. The van der Waals surface area contributed by atoms with Gasteiger partial charge in [0.15, 0.2) is 11.5 Å². The van der Waals surface area contributed by atoms with Crippen molar-refractivity contribution in [1.29, 1.82) is 0 Å². The van der Waals surface area contributed by atoms with Crippen LogP contribution in [0.3, 0.4) is 0 Å². The first-order valence-corrected chi connectivity index (χ1v) is 10.2. The molecule has 2 aromatic heterocycles. The molecule has 0 aliphatic heterocycles. The summed E-state index contributed by atoms with van der Waals surface area (Å²) in [7, 11) is 0. The SMILES string of the molecule is Cc1ccccc1Cn1ccc(NC(=O)c2noc3c2CC(C(C)(C)C)CC3)n1. The molecule has 0 fully saturated rings. The van der Waals surface area contributed by atoms with Crippen molar-refractivity contribution >= 4 is 11.7 Å². The second-order valence-electron chi connectivity index (χ2n) is 9.02. The van der Waals surface area contributed by atoms with E-state index in [0.717, 1.165) is 30.6 Å². The number of amides is 1. The summed E-state index contributed by atoms with van der Waals surface area (Å²) in [6.45, 7) is 9.49. The van der Waals surface area contributed by atoms with Gasteiger partial charge in [-0.15, -0.1) is 0 Å². The maximum atomic E-state index is 12.8. The van der Waals surface area contributed by atoms with Gasteiger partial charge >= 0.3 is 0 Å². The second-order valence-corrected chi connectivity index (χ2v) is 9.02. The van der Waals surface area contributed by atoms with E-state index in [1.165, 1.54) is 11.1 Å². The quantitative estimate of drug-likeness (QED) is 0.702. The zero-order chi connectivity index (χ0) is 20.6. The maximum absolute atomic E-state index is 12.8. The van der Waals surface area contributed by atoms with Gasteiger partial charge in [0.05, 0.1) is 6.54 Å². The Morgan fingerprint density at radius 2 is 2.07 bits per heavy atom. The lowest BCUT2D eigenvalue weighted by Gasteiger charge is -2.33. The number of carbonyl (C=O) groups excluding carboxylic acids is 1. The summed E-state index contributed by atoms with van der Waals surface area (Å²) in [5.41, 5.74) is 3.95. The predicted octanol–water partition coefficient (Wildman–Crippen LogP) is 4.63. The molecule has 29 heavy (non-hydrogen) atoms. The van der Waals surface area contributed by atoms with Crippen molar-refractivity contribution < 1.29 is 9.32 Å². The van der Waals surface area contributed by atoms with Crippen LogP contribution in [0.2, 0.25) is 0 Å². The van der Waals surface area contributed by atoms with Crippen LogP contribution in [0.4, 0.5) is 5.82 Å². The van der Waals surface area contributed by atoms with Gasteiger partial charge in [0, 0.05) is 24.2 Å². The third-order valence-electron chi connectivity index (χ3n) is 5.96. The highest BCUT2D eigenvalue weighted by Gasteiger charge is 2.34. The number of nitrogens with zero attached hydrogens (tertiary/aromatic N) is 3. The fraction of sp³-hybridized carbons (Fsp3) is 0.435. The van der Waals surface area contributed by atoms with Crippen molar-refractivity contribution in [2.75, 3.05) is 5.32 Å². The van der Waals surface area contributed by atoms with Gasteiger partial charge in [0.2, 0.25) is 0 Å². The molecule has 6 heteroatoms. The molecule has 0 saturated heterocycles. The summed E-state index contributed by atoms with van der Waals surface area (Å²) in [6, 6.07) is 10.0. The Morgan fingerprint density at radius 3 is 2.83 bits per heavy atom. The largest absolute Gasteiger partial charge is 0.360 e. The number of rotatable bonds is 4. The molecule has 0 spiro atoms. The highest BCUT2D eigenvalue weighted by molar-refractivity contribution is 6.03. The van der Waals surface area contributed by atoms with Crippen molar-refractivity contribution in [3.8, 4) is 0 Å². The molecule has 0 saturated carbocycles. The fourth-order valence-electron chi connectivity index (χ4n) is 3.98. The number of nitrogens with one attached hydrogen (secondary N) is 1. The zero-order valence-corrected chi connectivity index (χ0v) is 17.5. The lowest BCUT2D eigenvalue weighted by atomic mass is 9.71. The van der Waals surface area contributed by atoms with Gasteiger partial charge in [0.25, 0.3) is 5.91 Å². The van der Waals surface area contributed by atoms with Crippen LogP contribution in [-0.2, 0) is 19.4 Å². The van der Waals surface area contributed by atoms with E-state index in [4.69, 9.17) is 4.52 Å². The van der Waals surface area contributed by atoms with Gasteiger partial charge in [-0.2, -0.15) is 5.10 Å². The number of anilines is 1. The van der Waals surface area contributed by atoms with Crippen LogP contribution in [0.5, 0.6) is 0 Å². The molecule has 2 heterocycles. The molecular formula is C23H28N4O2. The Balaban J connectivity index is 1.47. The summed E-state index contributed by atoms with van der Waals surface area (Å²) in [6.07, 6.45) is 4.60. The molecule has 1 aliphatic rings. The molecule has 152 valence electrons. The molecule has 1 amide bonds. The van der Waals surface area contributed by atoms with Gasteiger partial charge in [-0.1, -0.05) is 50.2 Å². The summed E-state index contributed by atoms with van der Waals surface area (Å²) in [4.78, 5) is 12.8. The molecule has 1 aliphatic carbocycles. The van der Waals surface area contributed by atoms with Crippen LogP contribution >= 0.6 is 0 Å². The van der Waals surface area contributed by atoms with Crippen molar-refractivity contribution in [3.63, 3.8) is 0 Å². The lowest BCUT2D eigenvalue weighted by molar-refractivity contribution is 0.101. The van der Waals surface area contributed by atoms with Crippen LogP contribution < -0.4 is 5.32 Å². The van der Waals surface area contributed by atoms with E-state index in [9.17, 15) is 4.79 Å². The van der Waals surface area contributed by atoms with E-state index in [-0.39, 0.29) is 11.3 Å². The van der Waals surface area contributed by atoms with Gasteiger partial charge < -0.3 is 9.84 Å². The van der Waals surface area contributed by atoms with E-state index in [1.54, 1.807) is 6.07 Å². The van der Waals surface area contributed by atoms with Gasteiger partial charge in [-0.05, 0) is 42.2 Å². The summed E-state index contributed by atoms with van der Waals surface area (Å²) in [5.74, 6) is 1.62. The van der Waals surface area contributed by atoms with Crippen LogP contribution in [0.1, 0.15) is 60.1 Å². The molecule has 3 aromatic rings. The Morgan fingerprint density at radius 1 is 1.28 bits per heavy atom. The first-order chi connectivity index (χ1) is 13.8. The number of hydrogen-bond acceptors (Lipinski definition) is 4. The third-order valence-corrected chi connectivity index (χ3v) is 5.96. The zero-order valence-electron chi connectivity index (χ0n) is 17.5. The minimum absolute atomic E-state index is 0.192. The molecule has 1 unspecified atom stereocenters. The Labute approximate surface area is 171 Å². The standard InChI is InChI=1S/C23H28N4O2/c1-15-7-5-6-8-16(15)14-27-12-11-20(25-27)24-22(28)21-18-13-17(23(2,3)4)9-10-19(18)29-26-21/h5-8,11-12,17H,9-10,13-14H2,1-4H3,(H,24,25,28). The van der Waals surface area contributed by atoms with E-state index in [2.05, 4.69) is 55.4 Å². The molecule has 6 nitrogen and oxygen atoms in total.